The molecule has 98 valence electrons. The van der Waals surface area contributed by atoms with Crippen LogP contribution in [-0.2, 0) is 6.18 Å². The zero-order valence-electron chi connectivity index (χ0n) is 9.57. The summed E-state index contributed by atoms with van der Waals surface area (Å²) in [6.45, 7) is 2.60. The molecule has 3 atom stereocenters. The quantitative estimate of drug-likeness (QED) is 0.899. The molecule has 0 amide bonds. The van der Waals surface area contributed by atoms with E-state index in [9.17, 15) is 13.2 Å². The highest BCUT2D eigenvalue weighted by molar-refractivity contribution is 5.20. The molecule has 1 aliphatic heterocycles. The Labute approximate surface area is 102 Å². The van der Waals surface area contributed by atoms with Crippen molar-refractivity contribution in [3.05, 3.63) is 23.9 Å². The van der Waals surface area contributed by atoms with Gasteiger partial charge in [-0.15, -0.1) is 0 Å². The lowest BCUT2D eigenvalue weighted by Crippen LogP contribution is -2.17. The first-order chi connectivity index (χ1) is 8.55. The largest absolute Gasteiger partial charge is 0.477 e. The predicted molar refractivity (Wildman–Crippen MR) is 58.1 cm³/mol. The fraction of sp³-hybridized carbons (Fsp3) is 0.583. The fourth-order valence-electron chi connectivity index (χ4n) is 2.61. The second-order valence-corrected chi connectivity index (χ2v) is 4.84. The van der Waals surface area contributed by atoms with Crippen LogP contribution in [0, 0.1) is 17.8 Å². The molecule has 2 fully saturated rings. The van der Waals surface area contributed by atoms with Gasteiger partial charge in [-0.25, -0.2) is 4.98 Å². The lowest BCUT2D eigenvalue weighted by atomic mass is 10.3. The van der Waals surface area contributed by atoms with Crippen LogP contribution in [0.25, 0.3) is 0 Å². The van der Waals surface area contributed by atoms with E-state index in [-0.39, 0.29) is 5.88 Å². The molecule has 1 N–H and O–H groups in total. The van der Waals surface area contributed by atoms with Crippen LogP contribution in [0.5, 0.6) is 5.88 Å². The molecular formula is C12H13F3N2O. The number of hydrogen-bond acceptors (Lipinski definition) is 3. The van der Waals surface area contributed by atoms with E-state index < -0.39 is 11.7 Å². The van der Waals surface area contributed by atoms with Gasteiger partial charge in [0.25, 0.3) is 0 Å². The SMILES string of the molecule is FC(F)(F)c1ccc(OCC2[C@H]3CNC[C@@H]23)nc1. The molecule has 0 radical (unpaired) electrons. The molecule has 0 spiro atoms. The lowest BCUT2D eigenvalue weighted by Gasteiger charge is -2.09. The molecule has 0 aromatic carbocycles. The maximum atomic E-state index is 12.3. The summed E-state index contributed by atoms with van der Waals surface area (Å²) in [4.78, 5) is 3.68. The van der Waals surface area contributed by atoms with E-state index in [0.717, 1.165) is 25.4 Å². The molecule has 1 aromatic rings. The Hall–Kier alpha value is -1.30. The zero-order valence-corrected chi connectivity index (χ0v) is 9.57. The number of rotatable bonds is 3. The van der Waals surface area contributed by atoms with Crippen molar-refractivity contribution in [3.63, 3.8) is 0 Å². The minimum Gasteiger partial charge on any atom is -0.477 e. The predicted octanol–water partition coefficient (Wildman–Crippen LogP) is 1.94. The summed E-state index contributed by atoms with van der Waals surface area (Å²) in [5.74, 6) is 2.16. The molecule has 3 nitrogen and oxygen atoms in total. The number of ether oxygens (including phenoxy) is 1. The van der Waals surface area contributed by atoms with Crippen molar-refractivity contribution in [1.82, 2.24) is 10.3 Å². The van der Waals surface area contributed by atoms with E-state index in [4.69, 9.17) is 4.74 Å². The summed E-state index contributed by atoms with van der Waals surface area (Å²) in [7, 11) is 0. The second kappa shape index (κ2) is 4.12. The van der Waals surface area contributed by atoms with E-state index in [0.29, 0.717) is 24.4 Å². The smallest absolute Gasteiger partial charge is 0.417 e. The van der Waals surface area contributed by atoms with Gasteiger partial charge < -0.3 is 10.1 Å². The average Bonchev–Trinajstić information content (AvgIpc) is 2.77. The van der Waals surface area contributed by atoms with Crippen molar-refractivity contribution in [2.45, 2.75) is 6.18 Å². The first-order valence-corrected chi connectivity index (χ1v) is 5.92. The van der Waals surface area contributed by atoms with Crippen LogP contribution in [0.4, 0.5) is 13.2 Å². The minimum atomic E-state index is -4.34. The molecule has 1 unspecified atom stereocenters. The third kappa shape index (κ3) is 2.16. The van der Waals surface area contributed by atoms with Crippen LogP contribution in [0.2, 0.25) is 0 Å². The van der Waals surface area contributed by atoms with Crippen molar-refractivity contribution in [3.8, 4) is 5.88 Å². The van der Waals surface area contributed by atoms with Crippen molar-refractivity contribution in [2.75, 3.05) is 19.7 Å². The number of aromatic nitrogens is 1. The number of nitrogens with zero attached hydrogens (tertiary/aromatic N) is 1. The van der Waals surface area contributed by atoms with Crippen LogP contribution in [0.3, 0.4) is 0 Å². The molecule has 1 aromatic heterocycles. The van der Waals surface area contributed by atoms with Gasteiger partial charge in [0.15, 0.2) is 0 Å². The Morgan fingerprint density at radius 2 is 2.00 bits per heavy atom. The van der Waals surface area contributed by atoms with Crippen LogP contribution >= 0.6 is 0 Å². The van der Waals surface area contributed by atoms with Gasteiger partial charge in [0.1, 0.15) is 0 Å². The van der Waals surface area contributed by atoms with E-state index in [1.807, 2.05) is 0 Å². The van der Waals surface area contributed by atoms with Crippen LogP contribution in [0.15, 0.2) is 18.3 Å². The van der Waals surface area contributed by atoms with Gasteiger partial charge >= 0.3 is 6.18 Å². The maximum Gasteiger partial charge on any atom is 0.417 e. The number of piperidine rings is 1. The summed E-state index contributed by atoms with van der Waals surface area (Å²) >= 11 is 0. The summed E-state index contributed by atoms with van der Waals surface area (Å²) in [6, 6.07) is 2.27. The zero-order chi connectivity index (χ0) is 12.8. The van der Waals surface area contributed by atoms with Crippen LogP contribution in [-0.4, -0.2) is 24.7 Å². The highest BCUT2D eigenvalue weighted by atomic mass is 19.4. The molecule has 1 saturated heterocycles. The van der Waals surface area contributed by atoms with Crippen molar-refractivity contribution in [1.29, 1.82) is 0 Å². The number of halogens is 3. The Morgan fingerprint density at radius 1 is 1.28 bits per heavy atom. The van der Waals surface area contributed by atoms with Gasteiger partial charge in [0.05, 0.1) is 12.2 Å². The molecule has 2 aliphatic rings. The van der Waals surface area contributed by atoms with Gasteiger partial charge in [-0.2, -0.15) is 13.2 Å². The van der Waals surface area contributed by atoms with E-state index in [1.54, 1.807) is 0 Å². The van der Waals surface area contributed by atoms with Crippen molar-refractivity contribution in [2.24, 2.45) is 17.8 Å². The second-order valence-electron chi connectivity index (χ2n) is 4.84. The number of nitrogens with one attached hydrogen (secondary N) is 1. The van der Waals surface area contributed by atoms with Crippen molar-refractivity contribution >= 4 is 0 Å². The first-order valence-electron chi connectivity index (χ1n) is 5.92. The Morgan fingerprint density at radius 3 is 2.56 bits per heavy atom. The highest BCUT2D eigenvalue weighted by Crippen LogP contribution is 2.48. The summed E-state index contributed by atoms with van der Waals surface area (Å²) in [6.07, 6.45) is -3.53. The molecule has 0 bridgehead atoms. The van der Waals surface area contributed by atoms with Gasteiger partial charge in [-0.3, -0.25) is 0 Å². The van der Waals surface area contributed by atoms with Gasteiger partial charge in [0, 0.05) is 18.2 Å². The molecule has 1 saturated carbocycles. The lowest BCUT2D eigenvalue weighted by molar-refractivity contribution is -0.137. The number of hydrogen-bond donors (Lipinski definition) is 1. The van der Waals surface area contributed by atoms with Crippen LogP contribution < -0.4 is 10.1 Å². The number of alkyl halides is 3. The maximum absolute atomic E-state index is 12.3. The molecule has 6 heteroatoms. The molecule has 3 rings (SSSR count). The first kappa shape index (κ1) is 11.8. The number of fused-ring (bicyclic) bond motifs is 1. The average molecular weight is 258 g/mol. The normalized spacial score (nSPS) is 30.1. The van der Waals surface area contributed by atoms with E-state index in [2.05, 4.69) is 10.3 Å². The molecular weight excluding hydrogens is 245 g/mol. The van der Waals surface area contributed by atoms with Gasteiger partial charge in [-0.1, -0.05) is 0 Å². The van der Waals surface area contributed by atoms with Crippen LogP contribution in [0.1, 0.15) is 5.56 Å². The number of pyridine rings is 1. The third-order valence-electron chi connectivity index (χ3n) is 3.76. The monoisotopic (exact) mass is 258 g/mol. The molecule has 18 heavy (non-hydrogen) atoms. The van der Waals surface area contributed by atoms with Gasteiger partial charge in [0.2, 0.25) is 5.88 Å². The topological polar surface area (TPSA) is 34.1 Å². The van der Waals surface area contributed by atoms with Crippen molar-refractivity contribution < 1.29 is 17.9 Å². The summed E-state index contributed by atoms with van der Waals surface area (Å²) < 4.78 is 42.4. The Balaban J connectivity index is 1.54. The Kier molecular flexibility index (Phi) is 2.69. The third-order valence-corrected chi connectivity index (χ3v) is 3.76. The van der Waals surface area contributed by atoms with E-state index >= 15 is 0 Å². The highest BCUT2D eigenvalue weighted by Gasteiger charge is 2.53. The van der Waals surface area contributed by atoms with E-state index in [1.165, 1.54) is 6.07 Å². The fourth-order valence-corrected chi connectivity index (χ4v) is 2.61. The summed E-state index contributed by atoms with van der Waals surface area (Å²) in [5, 5.41) is 3.28. The van der Waals surface area contributed by atoms with Gasteiger partial charge in [-0.05, 0) is 31.0 Å². The standard InChI is InChI=1S/C12H13F3N2O/c13-12(14,15)7-1-2-11(17-3-7)18-6-10-8-4-16-5-9(8)10/h1-3,8-10,16H,4-6H2/t8-,9+,10?. The summed E-state index contributed by atoms with van der Waals surface area (Å²) in [5.41, 5.74) is -0.748. The minimum absolute atomic E-state index is 0.265. The Bertz CT molecular complexity index is 422. The molecule has 2 heterocycles. The molecule has 1 aliphatic carbocycles.